The van der Waals surface area contributed by atoms with Crippen LogP contribution in [0.15, 0.2) is 35.1 Å². The third-order valence-electron chi connectivity index (χ3n) is 2.05. The minimum atomic E-state index is 0.627. The van der Waals surface area contributed by atoms with Crippen LogP contribution >= 0.6 is 15.9 Å². The lowest BCUT2D eigenvalue weighted by Crippen LogP contribution is -1.94. The smallest absolute Gasteiger partial charge is 0.100 e. The summed E-state index contributed by atoms with van der Waals surface area (Å²) in [5.74, 6) is 0. The van der Waals surface area contributed by atoms with Gasteiger partial charge in [0, 0.05) is 10.7 Å². The zero-order valence-corrected chi connectivity index (χ0v) is 9.69. The Balaban J connectivity index is 2.48. The maximum Gasteiger partial charge on any atom is 0.100 e. The number of hydrogen-bond acceptors (Lipinski definition) is 2. The molecule has 0 saturated heterocycles. The molecule has 0 bridgehead atoms. The average Bonchev–Trinajstić information content (AvgIpc) is 2.65. The van der Waals surface area contributed by atoms with Gasteiger partial charge in [-0.2, -0.15) is 10.4 Å². The molecule has 0 amide bonds. The predicted octanol–water partition coefficient (Wildman–Crippen LogP) is 2.81. The molecule has 0 radical (unpaired) electrons. The molecule has 1 aromatic heterocycles. The molecule has 1 aromatic carbocycles. The molecule has 0 saturated carbocycles. The largest absolute Gasteiger partial charge is 0.241 e. The quantitative estimate of drug-likeness (QED) is 0.792. The molecule has 4 heteroatoms. The molecule has 1 heterocycles. The van der Waals surface area contributed by atoms with Gasteiger partial charge < -0.3 is 0 Å². The molecule has 0 aliphatic heterocycles. The van der Waals surface area contributed by atoms with Crippen LogP contribution in [0.1, 0.15) is 11.1 Å². The summed E-state index contributed by atoms with van der Waals surface area (Å²) in [6.07, 6.45) is 3.74. The van der Waals surface area contributed by atoms with Gasteiger partial charge in [0.1, 0.15) is 6.07 Å². The maximum absolute atomic E-state index is 8.78. The van der Waals surface area contributed by atoms with Crippen molar-refractivity contribution in [3.8, 4) is 11.8 Å². The first-order chi connectivity index (χ1) is 7.20. The molecule has 0 aliphatic carbocycles. The van der Waals surface area contributed by atoms with Gasteiger partial charge in [0.15, 0.2) is 0 Å². The molecule has 0 unspecified atom stereocenters. The average molecular weight is 262 g/mol. The molecule has 0 N–H and O–H groups in total. The summed E-state index contributed by atoms with van der Waals surface area (Å²) in [5, 5.41) is 13.0. The first-order valence-electron chi connectivity index (χ1n) is 4.42. The van der Waals surface area contributed by atoms with Crippen LogP contribution in [0.25, 0.3) is 5.69 Å². The standard InChI is InChI=1S/C11H8BrN3/c1-8-6-14-15(7-8)10-3-2-9(5-13)11(12)4-10/h2-4,6-7H,1H3. The van der Waals surface area contributed by atoms with E-state index in [1.54, 1.807) is 16.9 Å². The fourth-order valence-corrected chi connectivity index (χ4v) is 1.75. The number of hydrogen-bond donors (Lipinski definition) is 0. The fourth-order valence-electron chi connectivity index (χ4n) is 1.29. The zero-order chi connectivity index (χ0) is 10.8. The van der Waals surface area contributed by atoms with Crippen molar-refractivity contribution in [1.29, 1.82) is 5.26 Å². The maximum atomic E-state index is 8.78. The summed E-state index contributed by atoms with van der Waals surface area (Å²) in [5.41, 5.74) is 2.67. The summed E-state index contributed by atoms with van der Waals surface area (Å²) >= 11 is 3.35. The van der Waals surface area contributed by atoms with Crippen molar-refractivity contribution >= 4 is 15.9 Å². The van der Waals surface area contributed by atoms with Gasteiger partial charge in [-0.3, -0.25) is 0 Å². The number of rotatable bonds is 1. The van der Waals surface area contributed by atoms with Crippen LogP contribution in [0.2, 0.25) is 0 Å². The van der Waals surface area contributed by atoms with Crippen molar-refractivity contribution in [2.45, 2.75) is 6.92 Å². The molecule has 3 nitrogen and oxygen atoms in total. The number of nitrogens with zero attached hydrogens (tertiary/aromatic N) is 3. The fraction of sp³-hybridized carbons (Fsp3) is 0.0909. The van der Waals surface area contributed by atoms with Crippen molar-refractivity contribution in [2.24, 2.45) is 0 Å². The molecular weight excluding hydrogens is 254 g/mol. The molecule has 15 heavy (non-hydrogen) atoms. The third-order valence-corrected chi connectivity index (χ3v) is 2.71. The summed E-state index contributed by atoms with van der Waals surface area (Å²) in [6.45, 7) is 1.99. The summed E-state index contributed by atoms with van der Waals surface area (Å²) in [6, 6.07) is 7.63. The normalized spacial score (nSPS) is 9.93. The SMILES string of the molecule is Cc1cnn(-c2ccc(C#N)c(Br)c2)c1. The van der Waals surface area contributed by atoms with Crippen LogP contribution in [-0.4, -0.2) is 9.78 Å². The van der Waals surface area contributed by atoms with Crippen molar-refractivity contribution in [1.82, 2.24) is 9.78 Å². The minimum absolute atomic E-state index is 0.627. The number of halogens is 1. The summed E-state index contributed by atoms with van der Waals surface area (Å²) in [7, 11) is 0. The van der Waals surface area contributed by atoms with Gasteiger partial charge in [-0.1, -0.05) is 0 Å². The Labute approximate surface area is 96.1 Å². The first kappa shape index (κ1) is 9.94. The van der Waals surface area contributed by atoms with E-state index in [1.807, 2.05) is 25.3 Å². The highest BCUT2D eigenvalue weighted by molar-refractivity contribution is 9.10. The van der Waals surface area contributed by atoms with Crippen LogP contribution < -0.4 is 0 Å². The van der Waals surface area contributed by atoms with E-state index < -0.39 is 0 Å². The Kier molecular flexibility index (Phi) is 2.57. The van der Waals surface area contributed by atoms with Crippen LogP contribution in [0.5, 0.6) is 0 Å². The van der Waals surface area contributed by atoms with E-state index in [0.29, 0.717) is 5.56 Å². The molecular formula is C11H8BrN3. The lowest BCUT2D eigenvalue weighted by molar-refractivity contribution is 0.879. The number of nitriles is 1. The van der Waals surface area contributed by atoms with Crippen molar-refractivity contribution in [3.05, 3.63) is 46.2 Å². The Morgan fingerprint density at radius 3 is 2.80 bits per heavy atom. The minimum Gasteiger partial charge on any atom is -0.241 e. The van der Waals surface area contributed by atoms with Crippen LogP contribution in [0.4, 0.5) is 0 Å². The van der Waals surface area contributed by atoms with Gasteiger partial charge >= 0.3 is 0 Å². The molecule has 0 atom stereocenters. The predicted molar refractivity (Wildman–Crippen MR) is 60.7 cm³/mol. The number of benzene rings is 1. The van der Waals surface area contributed by atoms with Gasteiger partial charge in [0.25, 0.3) is 0 Å². The lowest BCUT2D eigenvalue weighted by Gasteiger charge is -2.02. The van der Waals surface area contributed by atoms with Gasteiger partial charge in [0.2, 0.25) is 0 Å². The van der Waals surface area contributed by atoms with Crippen LogP contribution in [0, 0.1) is 18.3 Å². The van der Waals surface area contributed by atoms with Crippen LogP contribution in [-0.2, 0) is 0 Å². The second-order valence-electron chi connectivity index (χ2n) is 3.24. The summed E-state index contributed by atoms with van der Waals surface area (Å²) in [4.78, 5) is 0. The summed E-state index contributed by atoms with van der Waals surface area (Å²) < 4.78 is 2.57. The van der Waals surface area contributed by atoms with E-state index in [9.17, 15) is 0 Å². The van der Waals surface area contributed by atoms with E-state index in [0.717, 1.165) is 15.7 Å². The highest BCUT2D eigenvalue weighted by Gasteiger charge is 2.02. The Morgan fingerprint density at radius 1 is 1.47 bits per heavy atom. The molecule has 74 valence electrons. The van der Waals surface area contributed by atoms with Crippen molar-refractivity contribution < 1.29 is 0 Å². The van der Waals surface area contributed by atoms with Gasteiger partial charge in [-0.25, -0.2) is 4.68 Å². The second kappa shape index (κ2) is 3.87. The third kappa shape index (κ3) is 1.92. The van der Waals surface area contributed by atoms with Gasteiger partial charge in [0.05, 0.1) is 17.4 Å². The molecule has 0 spiro atoms. The number of aromatic nitrogens is 2. The Morgan fingerprint density at radius 2 is 2.27 bits per heavy atom. The Bertz CT molecular complexity index is 537. The highest BCUT2D eigenvalue weighted by atomic mass is 79.9. The van der Waals surface area contributed by atoms with E-state index in [4.69, 9.17) is 5.26 Å². The second-order valence-corrected chi connectivity index (χ2v) is 4.09. The zero-order valence-electron chi connectivity index (χ0n) is 8.11. The molecule has 0 fully saturated rings. The van der Waals surface area contributed by atoms with Crippen molar-refractivity contribution in [2.75, 3.05) is 0 Å². The van der Waals surface area contributed by atoms with E-state index in [1.165, 1.54) is 0 Å². The topological polar surface area (TPSA) is 41.6 Å². The van der Waals surface area contributed by atoms with Crippen molar-refractivity contribution in [3.63, 3.8) is 0 Å². The molecule has 2 aromatic rings. The first-order valence-corrected chi connectivity index (χ1v) is 5.21. The van der Waals surface area contributed by atoms with Gasteiger partial charge in [-0.15, -0.1) is 0 Å². The van der Waals surface area contributed by atoms with E-state index in [2.05, 4.69) is 27.1 Å². The lowest BCUT2D eigenvalue weighted by atomic mass is 10.2. The monoisotopic (exact) mass is 261 g/mol. The molecule has 2 rings (SSSR count). The van der Waals surface area contributed by atoms with E-state index in [-0.39, 0.29) is 0 Å². The Hall–Kier alpha value is -1.60. The van der Waals surface area contributed by atoms with E-state index >= 15 is 0 Å². The highest BCUT2D eigenvalue weighted by Crippen LogP contribution is 2.19. The number of aryl methyl sites for hydroxylation is 1. The van der Waals surface area contributed by atoms with Crippen LogP contribution in [0.3, 0.4) is 0 Å². The van der Waals surface area contributed by atoms with Gasteiger partial charge in [-0.05, 0) is 46.6 Å². The molecule has 0 aliphatic rings.